The second-order valence-corrected chi connectivity index (χ2v) is 7.88. The van der Waals surface area contributed by atoms with Gasteiger partial charge in [-0.25, -0.2) is 8.42 Å². The second kappa shape index (κ2) is 10.5. The van der Waals surface area contributed by atoms with Crippen LogP contribution < -0.4 is 34.3 Å². The Bertz CT molecular complexity index is 1160. The Balaban J connectivity index is 0.0000137. The zero-order chi connectivity index (χ0) is 29.8. The van der Waals surface area contributed by atoms with Crippen molar-refractivity contribution in [2.24, 2.45) is 0 Å². The van der Waals surface area contributed by atoms with Gasteiger partial charge in [-0.05, 0) is 12.1 Å². The van der Waals surface area contributed by atoms with E-state index in [4.69, 9.17) is 0 Å². The molecule has 4 nitrogen and oxygen atoms in total. The molecule has 0 radical (unpaired) electrons. The zero-order valence-corrected chi connectivity index (χ0v) is 20.1. The number of benzene rings is 1. The fraction of sp³-hybridized carbons (Fsp3) is 0.467. The molecule has 0 saturated carbocycles. The Morgan fingerprint density at radius 3 is 1.42 bits per heavy atom. The van der Waals surface area contributed by atoms with Gasteiger partial charge in [0.15, 0.2) is 0 Å². The van der Waals surface area contributed by atoms with Gasteiger partial charge in [0.25, 0.3) is 0 Å². The summed E-state index contributed by atoms with van der Waals surface area (Å²) in [6.45, 7) is 0. The smallest absolute Gasteiger partial charge is 0.744 e. The summed E-state index contributed by atoms with van der Waals surface area (Å²) in [6, 6.07) is -2.31. The predicted molar refractivity (Wildman–Crippen MR) is 80.0 cm³/mol. The minimum absolute atomic E-state index is 0. The molecular formula is C15H4F17NaO4S. The van der Waals surface area contributed by atoms with Gasteiger partial charge in [-0.3, -0.25) is 0 Å². The number of halogens is 17. The molecule has 1 aromatic rings. The first-order valence-corrected chi connectivity index (χ1v) is 9.56. The van der Waals surface area contributed by atoms with Crippen LogP contribution in [-0.4, -0.2) is 54.7 Å². The van der Waals surface area contributed by atoms with Crippen molar-refractivity contribution < 1.29 is 122 Å². The molecule has 0 saturated heterocycles. The van der Waals surface area contributed by atoms with E-state index in [9.17, 15) is 87.6 Å². The fourth-order valence-electron chi connectivity index (χ4n) is 2.11. The van der Waals surface area contributed by atoms with E-state index in [0.29, 0.717) is 12.1 Å². The van der Waals surface area contributed by atoms with E-state index in [1.165, 1.54) is 0 Å². The molecule has 0 aliphatic heterocycles. The maximum absolute atomic E-state index is 13.7. The Morgan fingerprint density at radius 2 is 1.03 bits per heavy atom. The van der Waals surface area contributed by atoms with Crippen molar-refractivity contribution >= 4 is 10.1 Å². The molecule has 0 aliphatic rings. The third kappa shape index (κ3) is 5.55. The minimum atomic E-state index is -8.74. The minimum Gasteiger partial charge on any atom is -0.744 e. The maximum atomic E-state index is 13.7. The summed E-state index contributed by atoms with van der Waals surface area (Å²) in [6.07, 6.45) is -7.85. The summed E-state index contributed by atoms with van der Waals surface area (Å²) >= 11 is 0. The van der Waals surface area contributed by atoms with Gasteiger partial charge < -0.3 is 9.29 Å². The third-order valence-corrected chi connectivity index (χ3v) is 4.97. The van der Waals surface area contributed by atoms with Gasteiger partial charge in [-0.2, -0.15) is 74.6 Å². The molecule has 0 spiro atoms. The van der Waals surface area contributed by atoms with E-state index in [1.54, 1.807) is 0 Å². The van der Waals surface area contributed by atoms with Crippen molar-refractivity contribution in [2.75, 3.05) is 0 Å². The van der Waals surface area contributed by atoms with Crippen molar-refractivity contribution in [1.29, 1.82) is 0 Å². The number of hydrogen-bond donors (Lipinski definition) is 0. The number of alkyl halides is 15. The van der Waals surface area contributed by atoms with Crippen molar-refractivity contribution in [2.45, 2.75) is 46.6 Å². The van der Waals surface area contributed by atoms with Crippen molar-refractivity contribution in [3.63, 3.8) is 0 Å². The maximum Gasteiger partial charge on any atom is 1.00 e. The Kier molecular flexibility index (Phi) is 10.0. The molecule has 0 bridgehead atoms. The standard InChI is InChI=1S/C15H5F17O4S.Na/c16-7(8(17)36-5-3-1-2-4-6(5)37(33,34)35)9(18,19)10(20,21)11(22,23)12(24,25)13(26,27)14(28,29)15(30,31)32;/h1-4H,(H,33,34,35);/q;+1/p-1/b8-7-;. The van der Waals surface area contributed by atoms with Crippen molar-refractivity contribution in [1.82, 2.24) is 0 Å². The number of para-hydroxylation sites is 1. The average molecular weight is 626 g/mol. The van der Waals surface area contributed by atoms with Gasteiger partial charge in [0, 0.05) is 0 Å². The normalized spacial score (nSPS) is 15.5. The summed E-state index contributed by atoms with van der Waals surface area (Å²) in [4.78, 5) is -1.74. The van der Waals surface area contributed by atoms with Crippen molar-refractivity contribution in [3.05, 3.63) is 36.1 Å². The van der Waals surface area contributed by atoms with Gasteiger partial charge in [-0.1, -0.05) is 12.1 Å². The number of allylic oxidation sites excluding steroid dienone is 1. The first-order chi connectivity index (χ1) is 16.0. The summed E-state index contributed by atoms with van der Waals surface area (Å²) in [5.41, 5.74) is 0. The van der Waals surface area contributed by atoms with E-state index in [-0.39, 0.29) is 41.7 Å². The number of ether oxygens (including phenoxy) is 1. The van der Waals surface area contributed by atoms with Crippen LogP contribution in [0.15, 0.2) is 41.0 Å². The molecule has 0 heterocycles. The van der Waals surface area contributed by atoms with Gasteiger partial charge in [-0.15, -0.1) is 0 Å². The molecule has 0 aliphatic carbocycles. The molecule has 0 aromatic heterocycles. The van der Waals surface area contributed by atoms with Crippen LogP contribution in [0.5, 0.6) is 5.75 Å². The molecule has 0 unspecified atom stereocenters. The van der Waals surface area contributed by atoms with E-state index in [0.717, 1.165) is 0 Å². The largest absolute Gasteiger partial charge is 1.00 e. The number of hydrogen-bond acceptors (Lipinski definition) is 4. The van der Waals surface area contributed by atoms with Crippen LogP contribution in [0.4, 0.5) is 74.6 Å². The second-order valence-electron chi connectivity index (χ2n) is 6.53. The summed E-state index contributed by atoms with van der Waals surface area (Å²) in [5.74, 6) is -57.0. The fourth-order valence-corrected chi connectivity index (χ4v) is 2.71. The quantitative estimate of drug-likeness (QED) is 0.183. The zero-order valence-electron chi connectivity index (χ0n) is 17.3. The Morgan fingerprint density at radius 1 is 0.658 bits per heavy atom. The average Bonchev–Trinajstić information content (AvgIpc) is 2.71. The topological polar surface area (TPSA) is 66.4 Å². The van der Waals surface area contributed by atoms with Gasteiger partial charge >= 0.3 is 77.3 Å². The first-order valence-electron chi connectivity index (χ1n) is 8.15. The summed E-state index contributed by atoms with van der Waals surface area (Å²) in [5, 5.41) is 0. The molecule has 23 heteroatoms. The summed E-state index contributed by atoms with van der Waals surface area (Å²) < 4.78 is 260. The number of rotatable bonds is 9. The SMILES string of the molecule is O=S(=O)([O-])c1ccccc1O/C(F)=C(\F)C(F)(F)C(F)(F)C(F)(F)C(F)(F)C(F)(F)C(F)(F)C(F)(F)F.[Na+]. The molecule has 1 rings (SSSR count). The Hall–Kier alpha value is -1.52. The van der Waals surface area contributed by atoms with Crippen LogP contribution in [0.1, 0.15) is 0 Å². The van der Waals surface area contributed by atoms with Crippen LogP contribution in [0.3, 0.4) is 0 Å². The van der Waals surface area contributed by atoms with Crippen LogP contribution in [-0.2, 0) is 10.1 Å². The first kappa shape index (κ1) is 36.5. The molecule has 0 fully saturated rings. The summed E-state index contributed by atoms with van der Waals surface area (Å²) in [7, 11) is -5.74. The third-order valence-electron chi connectivity index (χ3n) is 4.09. The molecule has 38 heavy (non-hydrogen) atoms. The monoisotopic (exact) mass is 626 g/mol. The molecule has 214 valence electrons. The van der Waals surface area contributed by atoms with Gasteiger partial charge in [0.2, 0.25) is 5.83 Å². The molecular weight excluding hydrogens is 622 g/mol. The molecule has 1 aromatic carbocycles. The molecule has 0 N–H and O–H groups in total. The van der Waals surface area contributed by atoms with E-state index < -0.39 is 74.3 Å². The molecule has 0 amide bonds. The van der Waals surface area contributed by atoms with Crippen LogP contribution in [0.25, 0.3) is 0 Å². The van der Waals surface area contributed by atoms with Crippen LogP contribution in [0, 0.1) is 0 Å². The Labute approximate surface area is 220 Å². The van der Waals surface area contributed by atoms with E-state index >= 15 is 0 Å². The van der Waals surface area contributed by atoms with Gasteiger partial charge in [0.05, 0.1) is 4.90 Å². The van der Waals surface area contributed by atoms with Crippen molar-refractivity contribution in [3.8, 4) is 5.75 Å². The van der Waals surface area contributed by atoms with Gasteiger partial charge in [0.1, 0.15) is 15.9 Å². The predicted octanol–water partition coefficient (Wildman–Crippen LogP) is 3.46. The van der Waals surface area contributed by atoms with Crippen LogP contribution in [0.2, 0.25) is 0 Å². The van der Waals surface area contributed by atoms with Crippen LogP contribution >= 0.6 is 0 Å². The van der Waals surface area contributed by atoms with E-state index in [2.05, 4.69) is 4.74 Å². The molecule has 0 atom stereocenters. The van der Waals surface area contributed by atoms with E-state index in [1.807, 2.05) is 0 Å².